The molecule has 5 heteroatoms. The highest BCUT2D eigenvalue weighted by molar-refractivity contribution is 14.1. The molecule has 0 aliphatic rings. The number of H-pyrrole nitrogens is 1. The summed E-state index contributed by atoms with van der Waals surface area (Å²) in [6.07, 6.45) is 1.94. The second-order valence-corrected chi connectivity index (χ2v) is 4.72. The molecule has 15 heavy (non-hydrogen) atoms. The molecule has 0 aliphatic carbocycles. The summed E-state index contributed by atoms with van der Waals surface area (Å²) in [6.45, 7) is 3.77. The average Bonchev–Trinajstić information content (AvgIpc) is 2.61. The molecule has 3 N–H and O–H groups in total. The van der Waals surface area contributed by atoms with Crippen molar-refractivity contribution in [3.63, 3.8) is 0 Å². The van der Waals surface area contributed by atoms with Gasteiger partial charge in [0.2, 0.25) is 0 Å². The summed E-state index contributed by atoms with van der Waals surface area (Å²) in [6, 6.07) is 4.10. The quantitative estimate of drug-likeness (QED) is 0.589. The van der Waals surface area contributed by atoms with E-state index < -0.39 is 7.05 Å². The molecule has 0 unspecified atom stereocenters. The molecule has 0 spiro atoms. The first-order valence-corrected chi connectivity index (χ1v) is 5.88. The summed E-state index contributed by atoms with van der Waals surface area (Å²) in [5.74, 6) is 0. The van der Waals surface area contributed by atoms with Crippen LogP contribution >= 0.6 is 22.6 Å². The van der Waals surface area contributed by atoms with Crippen LogP contribution in [0.25, 0.3) is 10.9 Å². The van der Waals surface area contributed by atoms with Crippen molar-refractivity contribution in [2.45, 2.75) is 13.7 Å². The van der Waals surface area contributed by atoms with E-state index in [1.165, 1.54) is 10.9 Å². The van der Waals surface area contributed by atoms with Gasteiger partial charge in [-0.25, -0.2) is 0 Å². The highest BCUT2D eigenvalue weighted by atomic mass is 127. The minimum absolute atomic E-state index is 0.533. The Labute approximate surface area is 103 Å². The Bertz CT molecular complexity index is 495. The Morgan fingerprint density at radius 1 is 1.53 bits per heavy atom. The van der Waals surface area contributed by atoms with Crippen LogP contribution in [0.15, 0.2) is 18.3 Å². The molecule has 0 fully saturated rings. The smallest absolute Gasteiger partial charge is 0.406 e. The molecular formula is C10H12BIN2O. The third-order valence-electron chi connectivity index (χ3n) is 2.34. The van der Waals surface area contributed by atoms with Gasteiger partial charge in [-0.05, 0) is 54.0 Å². The van der Waals surface area contributed by atoms with E-state index in [2.05, 4.69) is 45.8 Å². The van der Waals surface area contributed by atoms with Gasteiger partial charge in [-0.1, -0.05) is 0 Å². The fourth-order valence-corrected chi connectivity index (χ4v) is 2.47. The lowest BCUT2D eigenvalue weighted by molar-refractivity contribution is 0.587. The number of hydrogen-bond acceptors (Lipinski definition) is 2. The maximum absolute atomic E-state index is 9.32. The third-order valence-corrected chi connectivity index (χ3v) is 3.50. The van der Waals surface area contributed by atoms with E-state index >= 15 is 0 Å². The van der Waals surface area contributed by atoms with Crippen molar-refractivity contribution in [1.29, 1.82) is 0 Å². The molecule has 3 nitrogen and oxygen atoms in total. The number of halogens is 1. The third kappa shape index (κ3) is 1.98. The number of aromatic amines is 1. The lowest BCUT2D eigenvalue weighted by Gasteiger charge is -2.11. The normalized spacial score (nSPS) is 10.7. The molecule has 0 radical (unpaired) electrons. The zero-order chi connectivity index (χ0) is 11.0. The molecule has 0 aliphatic heterocycles. The van der Waals surface area contributed by atoms with E-state index in [1.807, 2.05) is 12.3 Å². The van der Waals surface area contributed by atoms with Crippen molar-refractivity contribution in [3.8, 4) is 0 Å². The first-order valence-electron chi connectivity index (χ1n) is 4.80. The van der Waals surface area contributed by atoms with Crippen molar-refractivity contribution in [1.82, 2.24) is 4.98 Å². The SMILES string of the molecule is CB(O)Nc1cc(C)c2[nH]ccc2c1I. The van der Waals surface area contributed by atoms with Crippen LogP contribution in [0, 0.1) is 10.5 Å². The Morgan fingerprint density at radius 3 is 2.93 bits per heavy atom. The topological polar surface area (TPSA) is 48.0 Å². The van der Waals surface area contributed by atoms with Gasteiger partial charge in [-0.3, -0.25) is 0 Å². The summed E-state index contributed by atoms with van der Waals surface area (Å²) in [7, 11) is -0.533. The van der Waals surface area contributed by atoms with Crippen molar-refractivity contribution in [2.75, 3.05) is 5.23 Å². The Hall–Kier alpha value is -0.685. The van der Waals surface area contributed by atoms with Gasteiger partial charge in [0.1, 0.15) is 0 Å². The van der Waals surface area contributed by atoms with Crippen molar-refractivity contribution < 1.29 is 5.02 Å². The number of hydrogen-bond donors (Lipinski definition) is 3. The van der Waals surface area contributed by atoms with Crippen LogP contribution in [0.5, 0.6) is 0 Å². The Balaban J connectivity index is 2.60. The van der Waals surface area contributed by atoms with Crippen LogP contribution in [0.1, 0.15) is 5.56 Å². The van der Waals surface area contributed by atoms with Crippen LogP contribution in [0.3, 0.4) is 0 Å². The monoisotopic (exact) mass is 314 g/mol. The molecule has 0 atom stereocenters. The van der Waals surface area contributed by atoms with Gasteiger partial charge >= 0.3 is 7.05 Å². The number of anilines is 1. The van der Waals surface area contributed by atoms with Crippen LogP contribution in [-0.4, -0.2) is 17.1 Å². The highest BCUT2D eigenvalue weighted by Gasteiger charge is 2.11. The van der Waals surface area contributed by atoms with Crippen molar-refractivity contribution in [3.05, 3.63) is 27.5 Å². The zero-order valence-electron chi connectivity index (χ0n) is 8.63. The first kappa shape index (κ1) is 10.8. The molecule has 78 valence electrons. The highest BCUT2D eigenvalue weighted by Crippen LogP contribution is 2.29. The maximum atomic E-state index is 9.32. The van der Waals surface area contributed by atoms with Crippen LogP contribution in [0.2, 0.25) is 6.82 Å². The standard InChI is InChI=1S/C10H12BIN2O/c1-6-5-8(14-11(2)15)9(12)7-3-4-13-10(6)7/h3-5,13-15H,1-2H3. The zero-order valence-corrected chi connectivity index (χ0v) is 10.8. The van der Waals surface area contributed by atoms with Gasteiger partial charge in [0.25, 0.3) is 0 Å². The van der Waals surface area contributed by atoms with Gasteiger partial charge < -0.3 is 15.2 Å². The summed E-state index contributed by atoms with van der Waals surface area (Å²) < 4.78 is 1.13. The predicted molar refractivity (Wildman–Crippen MR) is 73.2 cm³/mol. The average molecular weight is 314 g/mol. The number of rotatable bonds is 2. The Kier molecular flexibility index (Phi) is 2.93. The number of benzene rings is 1. The van der Waals surface area contributed by atoms with Crippen LogP contribution in [-0.2, 0) is 0 Å². The van der Waals surface area contributed by atoms with Gasteiger partial charge in [0.05, 0.1) is 0 Å². The van der Waals surface area contributed by atoms with Crippen LogP contribution in [0.4, 0.5) is 5.69 Å². The number of aryl methyl sites for hydroxylation is 1. The van der Waals surface area contributed by atoms with E-state index in [0.29, 0.717) is 0 Å². The minimum Gasteiger partial charge on any atom is -0.433 e. The summed E-state index contributed by atoms with van der Waals surface area (Å²) in [5, 5.41) is 13.5. The molecule has 1 aromatic carbocycles. The van der Waals surface area contributed by atoms with E-state index in [1.54, 1.807) is 6.82 Å². The van der Waals surface area contributed by atoms with Gasteiger partial charge in [-0.15, -0.1) is 0 Å². The molecule has 1 aromatic heterocycles. The van der Waals surface area contributed by atoms with E-state index in [0.717, 1.165) is 14.8 Å². The minimum atomic E-state index is -0.533. The molecule has 2 aromatic rings. The summed E-state index contributed by atoms with van der Waals surface area (Å²) in [4.78, 5) is 3.21. The molecule has 0 saturated carbocycles. The molecule has 0 saturated heterocycles. The molecule has 2 rings (SSSR count). The summed E-state index contributed by atoms with van der Waals surface area (Å²) >= 11 is 2.29. The van der Waals surface area contributed by atoms with E-state index in [-0.39, 0.29) is 0 Å². The lowest BCUT2D eigenvalue weighted by Crippen LogP contribution is -2.20. The molecule has 0 amide bonds. The van der Waals surface area contributed by atoms with Gasteiger partial charge in [0, 0.05) is 26.4 Å². The molecule has 1 heterocycles. The first-order chi connectivity index (χ1) is 7.09. The lowest BCUT2D eigenvalue weighted by atomic mass is 9.88. The van der Waals surface area contributed by atoms with Gasteiger partial charge in [0.15, 0.2) is 0 Å². The maximum Gasteiger partial charge on any atom is 0.406 e. The number of nitrogens with one attached hydrogen (secondary N) is 2. The number of aromatic nitrogens is 1. The predicted octanol–water partition coefficient (Wildman–Crippen LogP) is 2.60. The Morgan fingerprint density at radius 2 is 2.27 bits per heavy atom. The fourth-order valence-electron chi connectivity index (χ4n) is 1.71. The van der Waals surface area contributed by atoms with Crippen LogP contribution < -0.4 is 5.23 Å². The largest absolute Gasteiger partial charge is 0.433 e. The second-order valence-electron chi connectivity index (χ2n) is 3.64. The van der Waals surface area contributed by atoms with Gasteiger partial charge in [-0.2, -0.15) is 0 Å². The van der Waals surface area contributed by atoms with E-state index in [9.17, 15) is 5.02 Å². The number of fused-ring (bicyclic) bond motifs is 1. The van der Waals surface area contributed by atoms with E-state index in [4.69, 9.17) is 0 Å². The molecular weight excluding hydrogens is 302 g/mol. The molecule has 0 bridgehead atoms. The fraction of sp³-hybridized carbons (Fsp3) is 0.200. The second kappa shape index (κ2) is 4.06. The van der Waals surface area contributed by atoms with Crippen molar-refractivity contribution in [2.24, 2.45) is 0 Å². The summed E-state index contributed by atoms with van der Waals surface area (Å²) in [5.41, 5.74) is 3.32. The van der Waals surface area contributed by atoms with Crippen molar-refractivity contribution >= 4 is 46.2 Å².